The summed E-state index contributed by atoms with van der Waals surface area (Å²) in [6.07, 6.45) is 10.7. The molecule has 0 aliphatic carbocycles. The van der Waals surface area contributed by atoms with E-state index < -0.39 is 0 Å². The quantitative estimate of drug-likeness (QED) is 0.727. The molecule has 0 aromatic carbocycles. The van der Waals surface area contributed by atoms with Crippen LogP contribution in [0.25, 0.3) is 0 Å². The minimum Gasteiger partial charge on any atom is -0.352 e. The predicted octanol–water partition coefficient (Wildman–Crippen LogP) is 1.22. The van der Waals surface area contributed by atoms with E-state index in [1.807, 2.05) is 12.4 Å². The number of rotatable bonds is 7. The molecule has 0 saturated carbocycles. The first-order valence-electron chi connectivity index (χ1n) is 7.29. The summed E-state index contributed by atoms with van der Waals surface area (Å²) in [6, 6.07) is 0.262. The molecule has 0 saturated heterocycles. The van der Waals surface area contributed by atoms with E-state index in [9.17, 15) is 4.79 Å². The number of fused-ring (bicyclic) bond motifs is 1. The summed E-state index contributed by atoms with van der Waals surface area (Å²) < 4.78 is 2.13. The topological polar surface area (TPSA) is 72.9 Å². The fraction of sp³-hybridized carbons (Fsp3) is 0.714. The van der Waals surface area contributed by atoms with Crippen molar-refractivity contribution < 1.29 is 4.79 Å². The normalized spacial score (nSPS) is 18.1. The van der Waals surface area contributed by atoms with Crippen molar-refractivity contribution in [2.75, 3.05) is 6.54 Å². The highest BCUT2D eigenvalue weighted by molar-refractivity contribution is 5.76. The molecule has 5 heteroatoms. The number of aryl methyl sites for hydroxylation is 1. The summed E-state index contributed by atoms with van der Waals surface area (Å²) in [5.41, 5.74) is 5.44. The van der Waals surface area contributed by atoms with Crippen molar-refractivity contribution in [1.29, 1.82) is 0 Å². The molecule has 0 fully saturated rings. The average Bonchev–Trinajstić information content (AvgIpc) is 2.86. The maximum atomic E-state index is 11.8. The van der Waals surface area contributed by atoms with Crippen LogP contribution in [-0.4, -0.2) is 28.0 Å². The number of nitrogens with two attached hydrogens (primary N) is 1. The van der Waals surface area contributed by atoms with Crippen molar-refractivity contribution >= 4 is 5.91 Å². The molecule has 1 atom stereocenters. The second-order valence-electron chi connectivity index (χ2n) is 5.25. The zero-order chi connectivity index (χ0) is 13.5. The van der Waals surface area contributed by atoms with E-state index in [1.54, 1.807) is 0 Å². The Morgan fingerprint density at radius 3 is 3.11 bits per heavy atom. The smallest absolute Gasteiger partial charge is 0.220 e. The standard InChI is InChI=1S/C14H24N4O/c15-8-4-2-1-3-5-14(19)17-12-6-7-13-16-9-10-18(13)11-12/h9-10,12H,1-8,11,15H2,(H,17,19). The SMILES string of the molecule is NCCCCCCC(=O)NC1CCc2nccn2C1. The maximum absolute atomic E-state index is 11.8. The molecule has 0 radical (unpaired) electrons. The summed E-state index contributed by atoms with van der Waals surface area (Å²) >= 11 is 0. The second kappa shape index (κ2) is 7.28. The Morgan fingerprint density at radius 1 is 1.42 bits per heavy atom. The largest absolute Gasteiger partial charge is 0.352 e. The van der Waals surface area contributed by atoms with Crippen molar-refractivity contribution in [3.05, 3.63) is 18.2 Å². The van der Waals surface area contributed by atoms with E-state index in [1.165, 1.54) is 0 Å². The molecular weight excluding hydrogens is 240 g/mol. The molecule has 106 valence electrons. The van der Waals surface area contributed by atoms with Crippen molar-refractivity contribution in [1.82, 2.24) is 14.9 Å². The first kappa shape index (κ1) is 14.1. The van der Waals surface area contributed by atoms with Crippen LogP contribution in [0, 0.1) is 0 Å². The van der Waals surface area contributed by atoms with Crippen molar-refractivity contribution in [3.8, 4) is 0 Å². The van der Waals surface area contributed by atoms with Crippen LogP contribution in [0.3, 0.4) is 0 Å². The summed E-state index contributed by atoms with van der Waals surface area (Å²) in [7, 11) is 0. The molecule has 1 aliphatic rings. The van der Waals surface area contributed by atoms with E-state index in [2.05, 4.69) is 14.9 Å². The highest BCUT2D eigenvalue weighted by Crippen LogP contribution is 2.13. The Kier molecular flexibility index (Phi) is 5.39. The van der Waals surface area contributed by atoms with Gasteiger partial charge in [-0.1, -0.05) is 12.8 Å². The zero-order valence-electron chi connectivity index (χ0n) is 11.5. The molecule has 1 aromatic heterocycles. The highest BCUT2D eigenvalue weighted by Gasteiger charge is 2.19. The number of nitrogens with zero attached hydrogens (tertiary/aromatic N) is 2. The molecule has 2 rings (SSSR count). The fourth-order valence-corrected chi connectivity index (χ4v) is 2.57. The summed E-state index contributed by atoms with van der Waals surface area (Å²) in [4.78, 5) is 16.1. The Hall–Kier alpha value is -1.36. The Labute approximate surface area is 114 Å². The van der Waals surface area contributed by atoms with Gasteiger partial charge in [0.15, 0.2) is 0 Å². The molecule has 3 N–H and O–H groups in total. The predicted molar refractivity (Wildman–Crippen MR) is 74.6 cm³/mol. The van der Waals surface area contributed by atoms with E-state index in [-0.39, 0.29) is 11.9 Å². The van der Waals surface area contributed by atoms with Gasteiger partial charge in [-0.2, -0.15) is 0 Å². The van der Waals surface area contributed by atoms with Gasteiger partial charge in [-0.05, 0) is 25.8 Å². The van der Waals surface area contributed by atoms with Crippen molar-refractivity contribution in [3.63, 3.8) is 0 Å². The maximum Gasteiger partial charge on any atom is 0.220 e. The zero-order valence-corrected chi connectivity index (χ0v) is 11.5. The monoisotopic (exact) mass is 264 g/mol. The van der Waals surface area contributed by atoms with Crippen molar-refractivity contribution in [2.45, 2.75) is 57.5 Å². The number of carbonyl (C=O) groups excluding carboxylic acids is 1. The number of amides is 1. The van der Waals surface area contributed by atoms with Crippen LogP contribution in [0.1, 0.15) is 44.3 Å². The minimum atomic E-state index is 0.182. The number of carbonyl (C=O) groups is 1. The molecule has 0 spiro atoms. The van der Waals surface area contributed by atoms with Crippen molar-refractivity contribution in [2.24, 2.45) is 5.73 Å². The third-order valence-electron chi connectivity index (χ3n) is 3.66. The highest BCUT2D eigenvalue weighted by atomic mass is 16.1. The van der Waals surface area contributed by atoms with E-state index in [0.717, 1.165) is 57.4 Å². The lowest BCUT2D eigenvalue weighted by Crippen LogP contribution is -2.40. The lowest BCUT2D eigenvalue weighted by molar-refractivity contribution is -0.122. The first-order valence-corrected chi connectivity index (χ1v) is 7.29. The molecule has 2 heterocycles. The van der Waals surface area contributed by atoms with Gasteiger partial charge in [0.2, 0.25) is 5.91 Å². The molecule has 19 heavy (non-hydrogen) atoms. The van der Waals surface area contributed by atoms with E-state index in [0.29, 0.717) is 6.42 Å². The van der Waals surface area contributed by atoms with Gasteiger partial charge in [0, 0.05) is 37.8 Å². The number of nitrogens with one attached hydrogen (secondary N) is 1. The van der Waals surface area contributed by atoms with E-state index in [4.69, 9.17) is 5.73 Å². The van der Waals surface area contributed by atoms with Gasteiger partial charge in [-0.15, -0.1) is 0 Å². The lowest BCUT2D eigenvalue weighted by atomic mass is 10.1. The van der Waals surface area contributed by atoms with E-state index >= 15 is 0 Å². The van der Waals surface area contributed by atoms with Gasteiger partial charge >= 0.3 is 0 Å². The molecule has 1 amide bonds. The number of hydrogen-bond acceptors (Lipinski definition) is 3. The van der Waals surface area contributed by atoms with Crippen LogP contribution in [0.2, 0.25) is 0 Å². The van der Waals surface area contributed by atoms with Gasteiger partial charge < -0.3 is 15.6 Å². The first-order chi connectivity index (χ1) is 9.29. The number of imidazole rings is 1. The molecule has 1 aliphatic heterocycles. The Balaban J connectivity index is 1.64. The van der Waals surface area contributed by atoms with Gasteiger partial charge in [-0.3, -0.25) is 4.79 Å². The van der Waals surface area contributed by atoms with Crippen LogP contribution in [0.15, 0.2) is 12.4 Å². The fourth-order valence-electron chi connectivity index (χ4n) is 2.57. The van der Waals surface area contributed by atoms with Gasteiger partial charge in [0.05, 0.1) is 0 Å². The molecule has 1 aromatic rings. The average molecular weight is 264 g/mol. The van der Waals surface area contributed by atoms with Gasteiger partial charge in [0.1, 0.15) is 5.82 Å². The van der Waals surface area contributed by atoms with Crippen LogP contribution >= 0.6 is 0 Å². The minimum absolute atomic E-state index is 0.182. The summed E-state index contributed by atoms with van der Waals surface area (Å²) in [5.74, 6) is 1.31. The number of hydrogen-bond donors (Lipinski definition) is 2. The van der Waals surface area contributed by atoms with Crippen LogP contribution in [0.5, 0.6) is 0 Å². The number of aromatic nitrogens is 2. The summed E-state index contributed by atoms with van der Waals surface area (Å²) in [6.45, 7) is 1.61. The van der Waals surface area contributed by atoms with Crippen LogP contribution in [0.4, 0.5) is 0 Å². The number of unbranched alkanes of at least 4 members (excludes halogenated alkanes) is 3. The molecule has 0 bridgehead atoms. The third kappa shape index (κ3) is 4.35. The summed E-state index contributed by atoms with van der Waals surface area (Å²) in [5, 5.41) is 3.13. The lowest BCUT2D eigenvalue weighted by Gasteiger charge is -2.24. The molecular formula is C14H24N4O. The van der Waals surface area contributed by atoms with Crippen LogP contribution < -0.4 is 11.1 Å². The Bertz CT molecular complexity index is 402. The van der Waals surface area contributed by atoms with Gasteiger partial charge in [-0.25, -0.2) is 4.98 Å². The molecule has 5 nitrogen and oxygen atoms in total. The third-order valence-corrected chi connectivity index (χ3v) is 3.66. The second-order valence-corrected chi connectivity index (χ2v) is 5.25. The van der Waals surface area contributed by atoms with Gasteiger partial charge in [0.25, 0.3) is 0 Å². The van der Waals surface area contributed by atoms with Crippen LogP contribution in [-0.2, 0) is 17.8 Å². The Morgan fingerprint density at radius 2 is 2.26 bits per heavy atom. The molecule has 1 unspecified atom stereocenters.